The highest BCUT2D eigenvalue weighted by Crippen LogP contribution is 2.36. The maximum Gasteiger partial charge on any atom is 0.198 e. The fraction of sp³-hybridized carbons (Fsp3) is 0.462. The molecule has 0 radical (unpaired) electrons. The van der Waals surface area contributed by atoms with Crippen molar-refractivity contribution in [3.8, 4) is 5.75 Å². The van der Waals surface area contributed by atoms with Crippen LogP contribution in [0.15, 0.2) is 23.2 Å². The lowest BCUT2D eigenvalue weighted by Gasteiger charge is -2.11. The van der Waals surface area contributed by atoms with Gasteiger partial charge in [-0.3, -0.25) is 4.99 Å². The van der Waals surface area contributed by atoms with E-state index in [2.05, 4.69) is 4.99 Å². The molecule has 5 nitrogen and oxygen atoms in total. The predicted octanol–water partition coefficient (Wildman–Crippen LogP) is 1.91. The molecule has 2 rings (SSSR count). The molecular formula is C13H18N2O3S2. The summed E-state index contributed by atoms with van der Waals surface area (Å²) in [5.74, 6) is 1.41. The van der Waals surface area contributed by atoms with Gasteiger partial charge in [0.2, 0.25) is 0 Å². The van der Waals surface area contributed by atoms with Crippen molar-refractivity contribution in [2.75, 3.05) is 25.2 Å². The fourth-order valence-electron chi connectivity index (χ4n) is 2.04. The molecule has 0 saturated carbocycles. The summed E-state index contributed by atoms with van der Waals surface area (Å²) >= 11 is 0. The van der Waals surface area contributed by atoms with Gasteiger partial charge in [-0.05, 0) is 47.5 Å². The molecule has 1 atom stereocenters. The molecule has 0 unspecified atom stereocenters. The van der Waals surface area contributed by atoms with E-state index in [-0.39, 0.29) is 5.92 Å². The summed E-state index contributed by atoms with van der Waals surface area (Å²) in [5.41, 5.74) is 7.68. The molecule has 0 amide bonds. The second-order valence-electron chi connectivity index (χ2n) is 4.56. The van der Waals surface area contributed by atoms with Crippen LogP contribution >= 0.6 is 10.8 Å². The normalized spacial score (nSPS) is 17.2. The summed E-state index contributed by atoms with van der Waals surface area (Å²) in [6.07, 6.45) is 3.98. The number of hydrogen-bond acceptors (Lipinski definition) is 6. The fourth-order valence-corrected chi connectivity index (χ4v) is 3.61. The van der Waals surface area contributed by atoms with Gasteiger partial charge in [-0.15, -0.1) is 0 Å². The van der Waals surface area contributed by atoms with Crippen molar-refractivity contribution in [3.05, 3.63) is 23.8 Å². The molecule has 7 heteroatoms. The number of nitrogens with zero attached hydrogens (tertiary/aromatic N) is 1. The van der Waals surface area contributed by atoms with E-state index in [1.54, 1.807) is 0 Å². The van der Waals surface area contributed by atoms with Gasteiger partial charge in [0, 0.05) is 24.1 Å². The van der Waals surface area contributed by atoms with Gasteiger partial charge in [-0.2, -0.15) is 0 Å². The molecule has 0 aromatic heterocycles. The van der Waals surface area contributed by atoms with Crippen LogP contribution in [0.2, 0.25) is 0 Å². The number of aliphatic imine (C=N–C) groups is 1. The Hall–Kier alpha value is -1.05. The second-order valence-corrected chi connectivity index (χ2v) is 9.13. The zero-order valence-electron chi connectivity index (χ0n) is 11.3. The van der Waals surface area contributed by atoms with Crippen LogP contribution in [-0.2, 0) is 8.87 Å². The lowest BCUT2D eigenvalue weighted by molar-refractivity contribution is 0.344. The first-order valence-corrected chi connectivity index (χ1v) is 9.74. The average molecular weight is 314 g/mol. The molecular weight excluding hydrogens is 296 g/mol. The summed E-state index contributed by atoms with van der Waals surface area (Å²) in [7, 11) is -2.11. The topological polar surface area (TPSA) is 81.8 Å². The highest BCUT2D eigenvalue weighted by Gasteiger charge is 2.18. The van der Waals surface area contributed by atoms with Crippen molar-refractivity contribution in [2.45, 2.75) is 12.3 Å². The zero-order chi connectivity index (χ0) is 14.6. The Morgan fingerprint density at radius 2 is 2.25 bits per heavy atom. The molecule has 0 spiro atoms. The van der Waals surface area contributed by atoms with Gasteiger partial charge in [0.05, 0.1) is 12.3 Å². The molecule has 0 saturated heterocycles. The van der Waals surface area contributed by atoms with Crippen molar-refractivity contribution >= 4 is 31.6 Å². The molecule has 1 aliphatic heterocycles. The van der Waals surface area contributed by atoms with Crippen molar-refractivity contribution in [1.82, 2.24) is 0 Å². The monoisotopic (exact) mass is 314 g/mol. The Kier molecular flexibility index (Phi) is 5.06. The highest BCUT2D eigenvalue weighted by atomic mass is 33.1. The van der Waals surface area contributed by atoms with Crippen LogP contribution in [-0.4, -0.2) is 39.8 Å². The molecule has 0 fully saturated rings. The van der Waals surface area contributed by atoms with Crippen LogP contribution in [0.1, 0.15) is 17.9 Å². The number of benzene rings is 1. The summed E-state index contributed by atoms with van der Waals surface area (Å²) in [6, 6.07) is 5.74. The van der Waals surface area contributed by atoms with Crippen LogP contribution in [0.4, 0.5) is 5.69 Å². The molecule has 20 heavy (non-hydrogen) atoms. The largest absolute Gasteiger partial charge is 0.493 e. The van der Waals surface area contributed by atoms with Crippen molar-refractivity contribution in [2.24, 2.45) is 10.7 Å². The van der Waals surface area contributed by atoms with Gasteiger partial charge in [0.15, 0.2) is 8.87 Å². The number of nitrogens with two attached hydrogens (primary N) is 1. The Morgan fingerprint density at radius 3 is 2.95 bits per heavy atom. The lowest BCUT2D eigenvalue weighted by atomic mass is 9.98. The maximum atomic E-state index is 11.0. The third kappa shape index (κ3) is 4.22. The number of ether oxygens (including phenoxy) is 1. The van der Waals surface area contributed by atoms with E-state index in [0.29, 0.717) is 18.9 Å². The minimum absolute atomic E-state index is 0.254. The Balaban J connectivity index is 1.93. The minimum Gasteiger partial charge on any atom is -0.493 e. The van der Waals surface area contributed by atoms with E-state index in [1.165, 1.54) is 6.26 Å². The van der Waals surface area contributed by atoms with Gasteiger partial charge < -0.3 is 10.5 Å². The van der Waals surface area contributed by atoms with Crippen LogP contribution in [0.5, 0.6) is 5.75 Å². The standard InChI is InChI=1S/C13H18N2O3S2/c1-20(16,17)19-7-6-18-11-2-3-13-12(8-11)10(4-5-14)9-15-13/h2-3,8-10H,4-7,14H2,1H3/t10-/m0/s1. The molecule has 1 aromatic rings. The van der Waals surface area contributed by atoms with E-state index in [4.69, 9.17) is 10.5 Å². The second kappa shape index (κ2) is 6.60. The molecule has 1 aliphatic rings. The zero-order valence-corrected chi connectivity index (χ0v) is 12.9. The summed E-state index contributed by atoms with van der Waals surface area (Å²) in [5, 5.41) is 0. The molecule has 2 N–H and O–H groups in total. The van der Waals surface area contributed by atoms with Crippen LogP contribution in [0.25, 0.3) is 0 Å². The van der Waals surface area contributed by atoms with E-state index in [1.807, 2.05) is 24.4 Å². The van der Waals surface area contributed by atoms with Crippen molar-refractivity contribution < 1.29 is 13.2 Å². The van der Waals surface area contributed by atoms with Crippen molar-refractivity contribution in [1.29, 1.82) is 0 Å². The first kappa shape index (κ1) is 15.3. The molecule has 1 aromatic carbocycles. The molecule has 0 aliphatic carbocycles. The maximum absolute atomic E-state index is 11.0. The van der Waals surface area contributed by atoms with Gasteiger partial charge in [-0.25, -0.2) is 8.42 Å². The predicted molar refractivity (Wildman–Crippen MR) is 83.8 cm³/mol. The first-order valence-electron chi connectivity index (χ1n) is 6.35. The van der Waals surface area contributed by atoms with Gasteiger partial charge in [0.1, 0.15) is 5.75 Å². The third-order valence-corrected chi connectivity index (χ3v) is 5.47. The summed E-state index contributed by atoms with van der Waals surface area (Å²) in [6.45, 7) is 0.977. The van der Waals surface area contributed by atoms with Gasteiger partial charge in [0.25, 0.3) is 0 Å². The molecule has 0 bridgehead atoms. The SMILES string of the molecule is CS(=O)(=O)SCCOc1ccc2c(c1)[C@@H](CCN)C=N2. The van der Waals surface area contributed by atoms with Crippen LogP contribution < -0.4 is 10.5 Å². The van der Waals surface area contributed by atoms with Gasteiger partial charge >= 0.3 is 0 Å². The minimum atomic E-state index is -3.00. The smallest absolute Gasteiger partial charge is 0.198 e. The lowest BCUT2D eigenvalue weighted by Crippen LogP contribution is -2.07. The first-order chi connectivity index (χ1) is 9.49. The van der Waals surface area contributed by atoms with Crippen molar-refractivity contribution in [3.63, 3.8) is 0 Å². The van der Waals surface area contributed by atoms with Crippen LogP contribution in [0.3, 0.4) is 0 Å². The third-order valence-electron chi connectivity index (χ3n) is 2.92. The number of fused-ring (bicyclic) bond motifs is 1. The average Bonchev–Trinajstić information content (AvgIpc) is 2.77. The van der Waals surface area contributed by atoms with E-state index in [0.717, 1.165) is 34.2 Å². The van der Waals surface area contributed by atoms with E-state index >= 15 is 0 Å². The Morgan fingerprint density at radius 1 is 1.45 bits per heavy atom. The number of hydrogen-bond donors (Lipinski definition) is 1. The summed E-state index contributed by atoms with van der Waals surface area (Å²) in [4.78, 5) is 4.35. The van der Waals surface area contributed by atoms with E-state index in [9.17, 15) is 8.42 Å². The quantitative estimate of drug-likeness (QED) is 0.614. The van der Waals surface area contributed by atoms with E-state index < -0.39 is 8.87 Å². The van der Waals surface area contributed by atoms with Crippen LogP contribution in [0, 0.1) is 0 Å². The molecule has 1 heterocycles. The summed E-state index contributed by atoms with van der Waals surface area (Å²) < 4.78 is 27.6. The Bertz CT molecular complexity index is 600. The molecule has 110 valence electrons. The van der Waals surface area contributed by atoms with Gasteiger partial charge in [-0.1, -0.05) is 0 Å². The Labute approximate surface area is 122 Å². The number of rotatable bonds is 7. The highest BCUT2D eigenvalue weighted by molar-refractivity contribution is 8.71.